The van der Waals surface area contributed by atoms with E-state index in [9.17, 15) is 0 Å². The molecule has 0 saturated heterocycles. The Hall–Kier alpha value is 0.190. The molecule has 2 aromatic carbocycles. The number of allylic oxidation sites excluding steroid dienone is 4. The van der Waals surface area contributed by atoms with E-state index in [-0.39, 0.29) is 58.6 Å². The molecule has 2 aromatic rings. The van der Waals surface area contributed by atoms with Gasteiger partial charge in [0, 0.05) is 0 Å². The minimum absolute atomic E-state index is 0. The fraction of sp³-hybridized carbons (Fsp3) is 0.581. The molecule has 3 rings (SSSR count). The van der Waals surface area contributed by atoms with Crippen LogP contribution in [0.15, 0.2) is 53.6 Å². The molecule has 0 aromatic heterocycles. The number of hydrogen-bond acceptors (Lipinski definition) is 0. The maximum absolute atomic E-state index is 3.37. The quantitative estimate of drug-likeness (QED) is 0.121. The van der Waals surface area contributed by atoms with Crippen LogP contribution in [0.3, 0.4) is 0 Å². The molecule has 4 heteroatoms. The van der Waals surface area contributed by atoms with Gasteiger partial charge in [-0.25, -0.2) is 11.1 Å². The standard InChI is InChI=1S/C21H32P.C10H15.2ClH.Hf/c1-3-5-7-11-15-22(16-12-8-6-4-2)21-17-19-13-9-10-14-20(19)18-21;1-3-4-7-10-8-5-6-9(10)2;;;/h9-10,13-14,17-18H,3-8,11-12,15-16H2,1-2H3;6H,3-5,7H2,1-2H3;2*1H;/q2*-1;;;+4/p-2. The first-order valence-corrected chi connectivity index (χ1v) is 15.1. The zero-order valence-electron chi connectivity index (χ0n) is 22.6. The molecular formula is C31H47Cl2HfP. The Morgan fingerprint density at radius 2 is 1.43 bits per heavy atom. The normalized spacial score (nSPS) is 12.1. The molecule has 0 N–H and O–H groups in total. The summed E-state index contributed by atoms with van der Waals surface area (Å²) in [7, 11) is 0.0642. The monoisotopic (exact) mass is 700 g/mol. The van der Waals surface area contributed by atoms with Gasteiger partial charge in [0.15, 0.2) is 0 Å². The number of benzene rings is 1. The molecule has 0 amide bonds. The van der Waals surface area contributed by atoms with Crippen molar-refractivity contribution in [3.05, 3.63) is 59.7 Å². The molecular weight excluding hydrogens is 653 g/mol. The van der Waals surface area contributed by atoms with Crippen LogP contribution >= 0.6 is 7.92 Å². The van der Waals surface area contributed by atoms with E-state index in [0.29, 0.717) is 0 Å². The first-order chi connectivity index (χ1) is 15.7. The minimum Gasteiger partial charge on any atom is -1.00 e. The van der Waals surface area contributed by atoms with Gasteiger partial charge in [0.25, 0.3) is 0 Å². The Kier molecular flexibility index (Phi) is 24.9. The van der Waals surface area contributed by atoms with Crippen LogP contribution in [-0.2, 0) is 25.8 Å². The molecule has 1 aliphatic rings. The molecule has 0 nitrogen and oxygen atoms in total. The Morgan fingerprint density at radius 1 is 0.829 bits per heavy atom. The van der Waals surface area contributed by atoms with Crippen molar-refractivity contribution in [1.29, 1.82) is 0 Å². The summed E-state index contributed by atoms with van der Waals surface area (Å²) in [5.41, 5.74) is 2.91. The Morgan fingerprint density at radius 3 is 1.94 bits per heavy atom. The van der Waals surface area contributed by atoms with Crippen molar-refractivity contribution >= 4 is 24.0 Å². The second-order valence-electron chi connectivity index (χ2n) is 9.30. The van der Waals surface area contributed by atoms with Gasteiger partial charge in [-0.15, -0.1) is 53.7 Å². The van der Waals surface area contributed by atoms with E-state index in [4.69, 9.17) is 0 Å². The molecule has 0 aliphatic heterocycles. The van der Waals surface area contributed by atoms with Crippen LogP contribution in [0, 0.1) is 6.08 Å². The van der Waals surface area contributed by atoms with E-state index in [2.05, 4.69) is 76.2 Å². The largest absolute Gasteiger partial charge is 4.00 e. The van der Waals surface area contributed by atoms with Crippen LogP contribution in [0.5, 0.6) is 0 Å². The van der Waals surface area contributed by atoms with Gasteiger partial charge in [-0.05, 0) is 25.2 Å². The van der Waals surface area contributed by atoms with Crippen LogP contribution in [0.2, 0.25) is 0 Å². The summed E-state index contributed by atoms with van der Waals surface area (Å²) in [6.45, 7) is 9.02. The Balaban J connectivity index is 0. The van der Waals surface area contributed by atoms with E-state index in [1.807, 2.05) is 0 Å². The van der Waals surface area contributed by atoms with Crippen LogP contribution in [0.25, 0.3) is 10.8 Å². The summed E-state index contributed by atoms with van der Waals surface area (Å²) >= 11 is 0. The van der Waals surface area contributed by atoms with Crippen molar-refractivity contribution in [2.75, 3.05) is 12.3 Å². The average Bonchev–Trinajstić information content (AvgIpc) is 3.42. The molecule has 0 bridgehead atoms. The summed E-state index contributed by atoms with van der Waals surface area (Å²) in [4.78, 5) is 0. The molecule has 0 spiro atoms. The maximum Gasteiger partial charge on any atom is 4.00 e. The second-order valence-corrected chi connectivity index (χ2v) is 11.8. The number of rotatable bonds is 14. The third-order valence-corrected chi connectivity index (χ3v) is 9.21. The van der Waals surface area contributed by atoms with Crippen LogP contribution < -0.4 is 30.1 Å². The molecule has 0 saturated carbocycles. The molecule has 0 unspecified atom stereocenters. The third-order valence-electron chi connectivity index (χ3n) is 6.51. The van der Waals surface area contributed by atoms with E-state index in [1.165, 1.54) is 105 Å². The van der Waals surface area contributed by atoms with Crippen molar-refractivity contribution in [3.63, 3.8) is 0 Å². The Bertz CT molecular complexity index is 779. The number of halogens is 2. The van der Waals surface area contributed by atoms with E-state index < -0.39 is 0 Å². The average molecular weight is 700 g/mol. The minimum atomic E-state index is 0. The van der Waals surface area contributed by atoms with E-state index >= 15 is 0 Å². The Labute approximate surface area is 249 Å². The van der Waals surface area contributed by atoms with Crippen molar-refractivity contribution < 1.29 is 50.7 Å². The van der Waals surface area contributed by atoms with Crippen LogP contribution in [-0.4, -0.2) is 12.3 Å². The van der Waals surface area contributed by atoms with E-state index in [1.54, 1.807) is 5.30 Å². The van der Waals surface area contributed by atoms with Gasteiger partial charge in [-0.2, -0.15) is 12.1 Å². The van der Waals surface area contributed by atoms with Crippen LogP contribution in [0.1, 0.15) is 105 Å². The topological polar surface area (TPSA) is 0 Å². The fourth-order valence-corrected chi connectivity index (χ4v) is 6.97. The van der Waals surface area contributed by atoms with Gasteiger partial charge in [0.2, 0.25) is 0 Å². The first kappa shape index (κ1) is 37.3. The second kappa shape index (κ2) is 23.3. The zero-order chi connectivity index (χ0) is 23.0. The molecule has 0 radical (unpaired) electrons. The number of fused-ring (bicyclic) bond motifs is 1. The number of hydrogen-bond donors (Lipinski definition) is 0. The van der Waals surface area contributed by atoms with Crippen molar-refractivity contribution in [1.82, 2.24) is 0 Å². The maximum atomic E-state index is 3.37. The van der Waals surface area contributed by atoms with Crippen molar-refractivity contribution in [3.8, 4) is 0 Å². The van der Waals surface area contributed by atoms with Gasteiger partial charge < -0.3 is 24.8 Å². The third kappa shape index (κ3) is 14.6. The summed E-state index contributed by atoms with van der Waals surface area (Å²) in [6.07, 6.45) is 24.6. The number of unbranched alkanes of at least 4 members (excludes halogenated alkanes) is 7. The smallest absolute Gasteiger partial charge is 1.00 e. The molecule has 0 fully saturated rings. The predicted octanol–water partition coefficient (Wildman–Crippen LogP) is 4.09. The van der Waals surface area contributed by atoms with E-state index in [0.717, 1.165) is 6.42 Å². The predicted molar refractivity (Wildman–Crippen MR) is 149 cm³/mol. The SMILES string of the molecule is CCCCC1=[C-]CC=C1C.CCCCCCP(CCCCCC)c1cc2ccccc2[cH-]1.[Cl-].[Cl-].[Hf+4]. The molecule has 35 heavy (non-hydrogen) atoms. The van der Waals surface area contributed by atoms with Crippen molar-refractivity contribution in [2.45, 2.75) is 105 Å². The molecule has 0 atom stereocenters. The summed E-state index contributed by atoms with van der Waals surface area (Å²) < 4.78 is 0. The van der Waals surface area contributed by atoms with Gasteiger partial charge in [0.05, 0.1) is 0 Å². The summed E-state index contributed by atoms with van der Waals surface area (Å²) in [5, 5.41) is 4.53. The summed E-state index contributed by atoms with van der Waals surface area (Å²) in [5.74, 6) is 0. The van der Waals surface area contributed by atoms with Gasteiger partial charge in [-0.1, -0.05) is 92.5 Å². The van der Waals surface area contributed by atoms with Crippen molar-refractivity contribution in [2.24, 2.45) is 0 Å². The molecule has 0 heterocycles. The fourth-order valence-electron chi connectivity index (χ4n) is 4.37. The van der Waals surface area contributed by atoms with Gasteiger partial charge in [-0.3, -0.25) is 6.08 Å². The zero-order valence-corrected chi connectivity index (χ0v) is 28.6. The van der Waals surface area contributed by atoms with Crippen LogP contribution in [0.4, 0.5) is 0 Å². The summed E-state index contributed by atoms with van der Waals surface area (Å²) in [6, 6.07) is 13.8. The van der Waals surface area contributed by atoms with Gasteiger partial charge >= 0.3 is 25.8 Å². The molecule has 1 aliphatic carbocycles. The van der Waals surface area contributed by atoms with Gasteiger partial charge in [0.1, 0.15) is 0 Å². The first-order valence-electron chi connectivity index (χ1n) is 13.4. The molecule has 194 valence electrons.